The molecule has 5 nitrogen and oxygen atoms in total. The second-order valence-electron chi connectivity index (χ2n) is 7.26. The third-order valence-electron chi connectivity index (χ3n) is 5.54. The number of halogens is 1. The van der Waals surface area contributed by atoms with E-state index in [0.717, 1.165) is 12.0 Å². The third kappa shape index (κ3) is 3.54. The summed E-state index contributed by atoms with van der Waals surface area (Å²) in [6.07, 6.45) is 0.913. The quantitative estimate of drug-likeness (QED) is 0.767. The predicted molar refractivity (Wildman–Crippen MR) is 101 cm³/mol. The molecule has 0 N–H and O–H groups in total. The van der Waals surface area contributed by atoms with Gasteiger partial charge in [-0.2, -0.15) is 0 Å². The summed E-state index contributed by atoms with van der Waals surface area (Å²) in [5, 5.41) is 0. The second kappa shape index (κ2) is 7.54. The number of piperazine rings is 1. The average molecular weight is 380 g/mol. The Morgan fingerprint density at radius 3 is 2.57 bits per heavy atom. The molecule has 4 rings (SSSR count). The first kappa shape index (κ1) is 18.3. The van der Waals surface area contributed by atoms with Gasteiger partial charge in [0.2, 0.25) is 11.8 Å². The van der Waals surface area contributed by atoms with Crippen molar-refractivity contribution in [1.82, 2.24) is 9.80 Å². The second-order valence-corrected chi connectivity index (χ2v) is 7.26. The van der Waals surface area contributed by atoms with E-state index in [0.29, 0.717) is 18.7 Å². The van der Waals surface area contributed by atoms with Gasteiger partial charge in [-0.05, 0) is 41.8 Å². The highest BCUT2D eigenvalue weighted by molar-refractivity contribution is 5.98. The molecule has 2 aliphatic heterocycles. The fourth-order valence-electron chi connectivity index (χ4n) is 4.02. The molecule has 1 unspecified atom stereocenters. The molecule has 2 aromatic carbocycles. The van der Waals surface area contributed by atoms with Crippen molar-refractivity contribution in [2.45, 2.75) is 25.3 Å². The van der Waals surface area contributed by atoms with Crippen molar-refractivity contribution in [1.29, 1.82) is 0 Å². The van der Waals surface area contributed by atoms with Crippen molar-refractivity contribution < 1.29 is 18.8 Å². The molecule has 0 aromatic heterocycles. The first-order valence-corrected chi connectivity index (χ1v) is 9.47. The number of hydrogen-bond donors (Lipinski definition) is 0. The van der Waals surface area contributed by atoms with Crippen LogP contribution >= 0.6 is 0 Å². The zero-order valence-electron chi connectivity index (χ0n) is 15.4. The van der Waals surface area contributed by atoms with Crippen LogP contribution in [0, 0.1) is 5.82 Å². The van der Waals surface area contributed by atoms with Crippen LogP contribution in [0.15, 0.2) is 48.5 Å². The van der Waals surface area contributed by atoms with Crippen molar-refractivity contribution in [2.24, 2.45) is 0 Å². The summed E-state index contributed by atoms with van der Waals surface area (Å²) in [6, 6.07) is 13.2. The lowest BCUT2D eigenvalue weighted by Gasteiger charge is -2.44. The number of rotatable bonds is 4. The van der Waals surface area contributed by atoms with Crippen molar-refractivity contribution in [3.05, 3.63) is 71.0 Å². The maximum absolute atomic E-state index is 13.0. The summed E-state index contributed by atoms with van der Waals surface area (Å²) in [5.41, 5.74) is 2.70. The fourth-order valence-corrected chi connectivity index (χ4v) is 4.02. The van der Waals surface area contributed by atoms with Crippen molar-refractivity contribution >= 4 is 17.6 Å². The highest BCUT2D eigenvalue weighted by atomic mass is 19.1. The first-order valence-electron chi connectivity index (χ1n) is 9.47. The van der Waals surface area contributed by atoms with Crippen LogP contribution in [-0.2, 0) is 16.0 Å². The number of nitrogens with zero attached hydrogens (tertiary/aromatic N) is 2. The van der Waals surface area contributed by atoms with Gasteiger partial charge in [0.15, 0.2) is 5.78 Å². The molecule has 0 aliphatic carbocycles. The lowest BCUT2D eigenvalue weighted by Crippen LogP contribution is -2.55. The molecule has 0 spiro atoms. The number of fused-ring (bicyclic) bond motifs is 3. The highest BCUT2D eigenvalue weighted by Gasteiger charge is 2.38. The molecule has 28 heavy (non-hydrogen) atoms. The molecule has 0 bridgehead atoms. The van der Waals surface area contributed by atoms with Crippen LogP contribution in [0.2, 0.25) is 0 Å². The topological polar surface area (TPSA) is 57.7 Å². The smallest absolute Gasteiger partial charge is 0.242 e. The first-order chi connectivity index (χ1) is 13.5. The molecule has 2 aliphatic rings. The van der Waals surface area contributed by atoms with E-state index in [1.807, 2.05) is 23.1 Å². The van der Waals surface area contributed by atoms with Gasteiger partial charge in [0, 0.05) is 31.5 Å². The van der Waals surface area contributed by atoms with E-state index in [-0.39, 0.29) is 43.0 Å². The number of amides is 2. The Balaban J connectivity index is 1.42. The van der Waals surface area contributed by atoms with Gasteiger partial charge in [-0.15, -0.1) is 0 Å². The number of benzene rings is 2. The van der Waals surface area contributed by atoms with Crippen LogP contribution in [0.1, 0.15) is 40.4 Å². The van der Waals surface area contributed by atoms with Crippen LogP contribution in [-0.4, -0.2) is 47.0 Å². The summed E-state index contributed by atoms with van der Waals surface area (Å²) in [4.78, 5) is 40.9. The van der Waals surface area contributed by atoms with Crippen LogP contribution < -0.4 is 0 Å². The maximum atomic E-state index is 13.0. The number of carbonyl (C=O) groups is 3. The Kier molecular flexibility index (Phi) is 4.94. The van der Waals surface area contributed by atoms with Crippen molar-refractivity contribution in [3.63, 3.8) is 0 Å². The summed E-state index contributed by atoms with van der Waals surface area (Å²) >= 11 is 0. The highest BCUT2D eigenvalue weighted by Crippen LogP contribution is 2.33. The van der Waals surface area contributed by atoms with E-state index in [9.17, 15) is 18.8 Å². The summed E-state index contributed by atoms with van der Waals surface area (Å²) in [5.74, 6) is -0.867. The Hall–Kier alpha value is -3.02. The molecule has 6 heteroatoms. The largest absolute Gasteiger partial charge is 0.332 e. The van der Waals surface area contributed by atoms with Crippen LogP contribution in [0.25, 0.3) is 0 Å². The van der Waals surface area contributed by atoms with Gasteiger partial charge in [-0.25, -0.2) is 4.39 Å². The number of hydrogen-bond acceptors (Lipinski definition) is 3. The molecule has 2 amide bonds. The van der Waals surface area contributed by atoms with E-state index in [1.54, 1.807) is 4.90 Å². The van der Waals surface area contributed by atoms with Crippen molar-refractivity contribution in [3.8, 4) is 0 Å². The summed E-state index contributed by atoms with van der Waals surface area (Å²) < 4.78 is 13.0. The number of carbonyl (C=O) groups excluding carboxylic acids is 3. The van der Waals surface area contributed by atoms with Gasteiger partial charge in [0.25, 0.3) is 0 Å². The fraction of sp³-hybridized carbons (Fsp3) is 0.318. The molecule has 1 saturated heterocycles. The zero-order chi connectivity index (χ0) is 19.7. The van der Waals surface area contributed by atoms with Crippen LogP contribution in [0.4, 0.5) is 4.39 Å². The minimum atomic E-state index is -0.406. The lowest BCUT2D eigenvalue weighted by molar-refractivity contribution is -0.149. The van der Waals surface area contributed by atoms with E-state index in [1.165, 1.54) is 29.8 Å². The van der Waals surface area contributed by atoms with E-state index < -0.39 is 5.82 Å². The molecule has 144 valence electrons. The summed E-state index contributed by atoms with van der Waals surface area (Å²) in [7, 11) is 0. The van der Waals surface area contributed by atoms with Crippen LogP contribution in [0.5, 0.6) is 0 Å². The van der Waals surface area contributed by atoms with Crippen molar-refractivity contribution in [2.75, 3.05) is 19.6 Å². The lowest BCUT2D eigenvalue weighted by atomic mass is 9.90. The van der Waals surface area contributed by atoms with E-state index in [2.05, 4.69) is 6.07 Å². The molecule has 0 radical (unpaired) electrons. The minimum Gasteiger partial charge on any atom is -0.332 e. The Morgan fingerprint density at radius 1 is 1.04 bits per heavy atom. The predicted octanol–water partition coefficient (Wildman–Crippen LogP) is 2.76. The molecule has 0 saturated carbocycles. The molecule has 1 fully saturated rings. The molecule has 2 aromatic rings. The number of Topliss-reactive ketones (excluding diaryl/α,β-unsaturated/α-hetero) is 1. The van der Waals surface area contributed by atoms with Crippen LogP contribution in [0.3, 0.4) is 0 Å². The molecular formula is C22H21FN2O3. The zero-order valence-corrected chi connectivity index (χ0v) is 15.4. The van der Waals surface area contributed by atoms with Gasteiger partial charge in [0.05, 0.1) is 12.6 Å². The monoisotopic (exact) mass is 380 g/mol. The minimum absolute atomic E-state index is 0.0395. The van der Waals surface area contributed by atoms with Gasteiger partial charge in [-0.1, -0.05) is 24.3 Å². The number of ketones is 1. The SMILES string of the molecule is O=C(CCC(=O)N1CC(=O)N2CCc3ccccc3C2C1)c1ccc(F)cc1. The molecular weight excluding hydrogens is 359 g/mol. The maximum Gasteiger partial charge on any atom is 0.242 e. The Morgan fingerprint density at radius 2 is 1.79 bits per heavy atom. The molecule has 2 heterocycles. The third-order valence-corrected chi connectivity index (χ3v) is 5.54. The van der Waals surface area contributed by atoms with Gasteiger partial charge in [0.1, 0.15) is 5.82 Å². The standard InChI is InChI=1S/C22H21FN2O3/c23-17-7-5-16(6-8-17)20(26)9-10-21(27)24-13-19-18-4-2-1-3-15(18)11-12-25(19)22(28)14-24/h1-8,19H,9-14H2. The average Bonchev–Trinajstić information content (AvgIpc) is 2.72. The Bertz CT molecular complexity index is 926. The Labute approximate surface area is 162 Å². The van der Waals surface area contributed by atoms with Gasteiger partial charge >= 0.3 is 0 Å². The molecule has 1 atom stereocenters. The van der Waals surface area contributed by atoms with Gasteiger partial charge < -0.3 is 9.80 Å². The van der Waals surface area contributed by atoms with Gasteiger partial charge in [-0.3, -0.25) is 14.4 Å². The van der Waals surface area contributed by atoms with E-state index in [4.69, 9.17) is 0 Å². The normalized spacial score (nSPS) is 18.5. The van der Waals surface area contributed by atoms with E-state index >= 15 is 0 Å². The summed E-state index contributed by atoms with van der Waals surface area (Å²) in [6.45, 7) is 1.18.